The van der Waals surface area contributed by atoms with Crippen LogP contribution in [0.2, 0.25) is 0 Å². The minimum atomic E-state index is -4.36. The van der Waals surface area contributed by atoms with Gasteiger partial charge in [0.2, 0.25) is 0 Å². The molecule has 1 amide bonds. The van der Waals surface area contributed by atoms with Crippen LogP contribution in [-0.2, 0) is 21.5 Å². The number of hydrogen-bond donors (Lipinski definition) is 2. The highest BCUT2D eigenvalue weighted by atomic mass is 32.2. The number of fused-ring (bicyclic) bond motifs is 3. The molecule has 6 nitrogen and oxygen atoms in total. The van der Waals surface area contributed by atoms with Crippen molar-refractivity contribution in [3.05, 3.63) is 59.2 Å². The van der Waals surface area contributed by atoms with Gasteiger partial charge >= 0.3 is 6.09 Å². The van der Waals surface area contributed by atoms with Gasteiger partial charge in [-0.05, 0) is 27.8 Å². The molecule has 0 aromatic heterocycles. The van der Waals surface area contributed by atoms with Crippen LogP contribution in [0.15, 0.2) is 42.5 Å². The molecule has 0 aliphatic heterocycles. The van der Waals surface area contributed by atoms with Gasteiger partial charge in [-0.1, -0.05) is 42.5 Å². The highest BCUT2D eigenvalue weighted by Crippen LogP contribution is 2.48. The van der Waals surface area contributed by atoms with Crippen molar-refractivity contribution in [2.45, 2.75) is 11.9 Å². The van der Waals surface area contributed by atoms with Crippen LogP contribution in [-0.4, -0.2) is 19.1 Å². The van der Waals surface area contributed by atoms with Gasteiger partial charge in [0, 0.05) is 0 Å². The van der Waals surface area contributed by atoms with E-state index >= 15 is 0 Å². The third kappa shape index (κ3) is 2.34. The first-order valence-corrected chi connectivity index (χ1v) is 7.99. The Morgan fingerprint density at radius 1 is 1.14 bits per heavy atom. The van der Waals surface area contributed by atoms with Gasteiger partial charge in [-0.3, -0.25) is 4.55 Å². The largest absolute Gasteiger partial charge is 0.445 e. The van der Waals surface area contributed by atoms with Gasteiger partial charge in [-0.25, -0.2) is 4.79 Å². The van der Waals surface area contributed by atoms with E-state index in [4.69, 9.17) is 10.5 Å². The van der Waals surface area contributed by atoms with Crippen molar-refractivity contribution in [1.29, 1.82) is 0 Å². The second kappa shape index (κ2) is 5.11. The zero-order chi connectivity index (χ0) is 15.9. The third-order valence-electron chi connectivity index (χ3n) is 3.66. The lowest BCUT2D eigenvalue weighted by Crippen LogP contribution is -2.16. The van der Waals surface area contributed by atoms with Crippen molar-refractivity contribution in [2.24, 2.45) is 5.73 Å². The summed E-state index contributed by atoms with van der Waals surface area (Å²) in [6.07, 6.45) is -0.948. The van der Waals surface area contributed by atoms with Gasteiger partial charge in [0.15, 0.2) is 0 Å². The summed E-state index contributed by atoms with van der Waals surface area (Å²) in [5.74, 6) is 0. The van der Waals surface area contributed by atoms with Crippen molar-refractivity contribution >= 4 is 16.2 Å². The number of carbonyl (C=O) groups is 1. The molecule has 0 radical (unpaired) electrons. The van der Waals surface area contributed by atoms with Crippen LogP contribution >= 0.6 is 0 Å². The maximum Gasteiger partial charge on any atom is 0.404 e. The van der Waals surface area contributed by atoms with Crippen LogP contribution in [0.3, 0.4) is 0 Å². The van der Waals surface area contributed by atoms with Crippen LogP contribution in [0.4, 0.5) is 4.79 Å². The van der Waals surface area contributed by atoms with Gasteiger partial charge in [-0.15, -0.1) is 0 Å². The van der Waals surface area contributed by atoms with E-state index < -0.39 is 21.5 Å². The first-order chi connectivity index (χ1) is 10.4. The molecule has 3 rings (SSSR count). The van der Waals surface area contributed by atoms with Crippen molar-refractivity contribution in [2.75, 3.05) is 0 Å². The summed E-state index contributed by atoms with van der Waals surface area (Å²) in [5, 5.41) is -1.19. The fourth-order valence-electron chi connectivity index (χ4n) is 2.87. The maximum atomic E-state index is 11.9. The Morgan fingerprint density at radius 3 is 2.50 bits per heavy atom. The maximum absolute atomic E-state index is 11.9. The number of hydrogen-bond acceptors (Lipinski definition) is 4. The molecule has 0 fully saturated rings. The van der Waals surface area contributed by atoms with E-state index in [1.54, 1.807) is 42.5 Å². The molecule has 22 heavy (non-hydrogen) atoms. The fourth-order valence-corrected chi connectivity index (χ4v) is 3.97. The lowest BCUT2D eigenvalue weighted by atomic mass is 10.0. The smallest absolute Gasteiger partial charge is 0.404 e. The fraction of sp³-hybridized carbons (Fsp3) is 0.133. The number of amides is 1. The Hall–Kier alpha value is -2.38. The Balaban J connectivity index is 2.22. The first kappa shape index (κ1) is 14.6. The SMILES string of the molecule is NC(=O)OCc1cccc2c1C(S(=O)(=O)O)c1ccccc1-2. The van der Waals surface area contributed by atoms with Crippen molar-refractivity contribution in [3.63, 3.8) is 0 Å². The van der Waals surface area contributed by atoms with E-state index in [1.165, 1.54) is 0 Å². The van der Waals surface area contributed by atoms with E-state index in [2.05, 4.69) is 0 Å². The standard InChI is InChI=1S/C15H13NO5S/c16-15(17)21-8-9-4-3-7-11-10-5-1-2-6-12(10)14(13(9)11)22(18,19)20/h1-7,14H,8H2,(H2,16,17)(H,18,19,20). The molecule has 114 valence electrons. The molecule has 0 saturated heterocycles. The van der Waals surface area contributed by atoms with Gasteiger partial charge in [-0.2, -0.15) is 8.42 Å². The van der Waals surface area contributed by atoms with E-state index in [9.17, 15) is 17.8 Å². The molecule has 0 heterocycles. The Labute approximate surface area is 127 Å². The zero-order valence-electron chi connectivity index (χ0n) is 11.4. The summed E-state index contributed by atoms with van der Waals surface area (Å²) >= 11 is 0. The summed E-state index contributed by atoms with van der Waals surface area (Å²) in [5.41, 5.74) is 7.82. The molecule has 0 saturated carbocycles. The van der Waals surface area contributed by atoms with E-state index in [0.29, 0.717) is 22.3 Å². The Kier molecular flexibility index (Phi) is 3.38. The highest BCUT2D eigenvalue weighted by Gasteiger charge is 2.38. The van der Waals surface area contributed by atoms with Gasteiger partial charge in [0.1, 0.15) is 11.9 Å². The van der Waals surface area contributed by atoms with Crippen LogP contribution < -0.4 is 5.73 Å². The number of carbonyl (C=O) groups excluding carboxylic acids is 1. The Morgan fingerprint density at radius 2 is 1.82 bits per heavy atom. The second-order valence-corrected chi connectivity index (χ2v) is 6.47. The van der Waals surface area contributed by atoms with Crippen LogP contribution in [0.5, 0.6) is 0 Å². The van der Waals surface area contributed by atoms with Crippen LogP contribution in [0.25, 0.3) is 11.1 Å². The molecule has 1 atom stereocenters. The van der Waals surface area contributed by atoms with Gasteiger partial charge in [0.05, 0.1) is 0 Å². The molecular weight excluding hydrogens is 306 g/mol. The minimum Gasteiger partial charge on any atom is -0.445 e. The average molecular weight is 319 g/mol. The van der Waals surface area contributed by atoms with Crippen molar-refractivity contribution in [1.82, 2.24) is 0 Å². The molecule has 0 spiro atoms. The molecular formula is C15H13NO5S. The molecule has 3 N–H and O–H groups in total. The van der Waals surface area contributed by atoms with E-state index in [0.717, 1.165) is 5.56 Å². The lowest BCUT2D eigenvalue weighted by Gasteiger charge is -2.14. The number of ether oxygens (including phenoxy) is 1. The lowest BCUT2D eigenvalue weighted by molar-refractivity contribution is 0.150. The predicted octanol–water partition coefficient (Wildman–Crippen LogP) is 2.24. The summed E-state index contributed by atoms with van der Waals surface area (Å²) in [6, 6.07) is 12.1. The highest BCUT2D eigenvalue weighted by molar-refractivity contribution is 7.86. The molecule has 1 aliphatic rings. The third-order valence-corrected chi connectivity index (χ3v) is 4.75. The normalized spacial score (nSPS) is 16.0. The average Bonchev–Trinajstić information content (AvgIpc) is 2.80. The van der Waals surface area contributed by atoms with E-state index in [-0.39, 0.29) is 6.61 Å². The van der Waals surface area contributed by atoms with Crippen molar-refractivity contribution in [3.8, 4) is 11.1 Å². The summed E-state index contributed by atoms with van der Waals surface area (Å²) < 4.78 is 38.2. The number of rotatable bonds is 3. The topological polar surface area (TPSA) is 107 Å². The number of benzene rings is 2. The monoisotopic (exact) mass is 319 g/mol. The molecule has 7 heteroatoms. The molecule has 1 aliphatic carbocycles. The Bertz CT molecular complexity index is 860. The molecule has 2 aromatic carbocycles. The number of primary amides is 1. The quantitative estimate of drug-likeness (QED) is 0.844. The van der Waals surface area contributed by atoms with E-state index in [1.807, 2.05) is 0 Å². The van der Waals surface area contributed by atoms with Gasteiger partial charge in [0.25, 0.3) is 10.1 Å². The summed E-state index contributed by atoms with van der Waals surface area (Å²) in [6.45, 7) is -0.154. The first-order valence-electron chi connectivity index (χ1n) is 6.49. The van der Waals surface area contributed by atoms with Gasteiger partial charge < -0.3 is 10.5 Å². The zero-order valence-corrected chi connectivity index (χ0v) is 12.2. The predicted molar refractivity (Wildman–Crippen MR) is 79.6 cm³/mol. The number of nitrogens with two attached hydrogens (primary N) is 1. The minimum absolute atomic E-state index is 0.154. The molecule has 1 unspecified atom stereocenters. The van der Waals surface area contributed by atoms with Crippen LogP contribution in [0.1, 0.15) is 21.9 Å². The van der Waals surface area contributed by atoms with Crippen molar-refractivity contribution < 1.29 is 22.5 Å². The summed E-state index contributed by atoms with van der Waals surface area (Å²) in [4.78, 5) is 10.8. The summed E-state index contributed by atoms with van der Waals surface area (Å²) in [7, 11) is -4.36. The molecule has 2 aromatic rings. The van der Waals surface area contributed by atoms with Crippen LogP contribution in [0, 0.1) is 0 Å². The second-order valence-electron chi connectivity index (χ2n) is 4.97. The molecule has 0 bridgehead atoms.